The summed E-state index contributed by atoms with van der Waals surface area (Å²) in [6.07, 6.45) is 2.71. The van der Waals surface area contributed by atoms with Gasteiger partial charge in [-0.05, 0) is 53.7 Å². The second-order valence-electron chi connectivity index (χ2n) is 11.2. The number of amides is 1. The number of aliphatic hydroxyl groups is 1. The first-order valence-corrected chi connectivity index (χ1v) is 11.7. The molecule has 1 aliphatic carbocycles. The number of rotatable bonds is 5. The molecule has 1 saturated heterocycles. The van der Waals surface area contributed by atoms with Crippen LogP contribution >= 0.6 is 0 Å². The van der Waals surface area contributed by atoms with Crippen molar-refractivity contribution in [1.29, 1.82) is 0 Å². The zero-order valence-corrected chi connectivity index (χ0v) is 20.1. The Hall–Kier alpha value is -2.41. The Bertz CT molecular complexity index is 1120. The summed E-state index contributed by atoms with van der Waals surface area (Å²) in [5, 5.41) is 10.2. The van der Waals surface area contributed by atoms with E-state index in [9.17, 15) is 14.7 Å². The Kier molecular flexibility index (Phi) is 5.82. The quantitative estimate of drug-likeness (QED) is 0.775. The lowest BCUT2D eigenvalue weighted by molar-refractivity contribution is -0.140. The largest absolute Gasteiger partial charge is 0.383 e. The molecule has 7 nitrogen and oxygen atoms in total. The molecular weight excluding hydrogens is 404 g/mol. The first-order valence-electron chi connectivity index (χ1n) is 11.7. The number of fused-ring (bicyclic) bond motifs is 2. The molecule has 0 radical (unpaired) electrons. The normalized spacial score (nSPS) is 22.0. The van der Waals surface area contributed by atoms with Gasteiger partial charge in [0.25, 0.3) is 5.91 Å². The third kappa shape index (κ3) is 4.27. The summed E-state index contributed by atoms with van der Waals surface area (Å²) in [5.41, 5.74) is 3.63. The zero-order valence-electron chi connectivity index (χ0n) is 20.1. The summed E-state index contributed by atoms with van der Waals surface area (Å²) in [7, 11) is 1.78. The van der Waals surface area contributed by atoms with Crippen molar-refractivity contribution in [1.82, 2.24) is 19.0 Å². The van der Waals surface area contributed by atoms with Crippen molar-refractivity contribution in [3.05, 3.63) is 34.4 Å². The van der Waals surface area contributed by atoms with Gasteiger partial charge in [0, 0.05) is 26.7 Å². The van der Waals surface area contributed by atoms with Crippen LogP contribution in [0.25, 0.3) is 16.7 Å². The number of carbonyl (C=O) groups excluding carboxylic acids is 1. The van der Waals surface area contributed by atoms with E-state index in [4.69, 9.17) is 4.98 Å². The van der Waals surface area contributed by atoms with Gasteiger partial charge in [-0.1, -0.05) is 40.7 Å². The second kappa shape index (κ2) is 8.18. The maximum atomic E-state index is 12.8. The molecule has 3 heterocycles. The van der Waals surface area contributed by atoms with Crippen molar-refractivity contribution >= 4 is 22.6 Å². The summed E-state index contributed by atoms with van der Waals surface area (Å²) < 4.78 is 3.45. The van der Waals surface area contributed by atoms with Crippen LogP contribution < -0.4 is 5.69 Å². The van der Waals surface area contributed by atoms with Crippen LogP contribution in [0, 0.1) is 23.2 Å². The fraction of sp³-hybridized carbons (Fsp3) is 0.640. The molecule has 174 valence electrons. The predicted molar refractivity (Wildman–Crippen MR) is 126 cm³/mol. The maximum absolute atomic E-state index is 12.8. The predicted octanol–water partition coefficient (Wildman–Crippen LogP) is 3.05. The zero-order chi connectivity index (χ0) is 23.4. The van der Waals surface area contributed by atoms with Crippen LogP contribution in [-0.4, -0.2) is 49.2 Å². The van der Waals surface area contributed by atoms with Crippen molar-refractivity contribution in [2.45, 2.75) is 60.1 Å². The summed E-state index contributed by atoms with van der Waals surface area (Å²) >= 11 is 0. The van der Waals surface area contributed by atoms with Gasteiger partial charge in [-0.15, -0.1) is 0 Å². The van der Waals surface area contributed by atoms with Crippen LogP contribution in [0.3, 0.4) is 0 Å². The third-order valence-electron chi connectivity index (χ3n) is 6.62. The van der Waals surface area contributed by atoms with E-state index in [-0.39, 0.29) is 22.9 Å². The number of aryl methyl sites for hydroxylation is 1. The van der Waals surface area contributed by atoms with Gasteiger partial charge in [0.1, 0.15) is 6.10 Å². The minimum atomic E-state index is -0.903. The Balaban J connectivity index is 1.54. The number of imidazole rings is 1. The number of hydrogen-bond acceptors (Lipinski definition) is 4. The lowest BCUT2D eigenvalue weighted by Crippen LogP contribution is -2.38. The van der Waals surface area contributed by atoms with Crippen LogP contribution in [-0.2, 0) is 18.4 Å². The molecule has 3 atom stereocenters. The highest BCUT2D eigenvalue weighted by Crippen LogP contribution is 2.41. The van der Waals surface area contributed by atoms with Crippen LogP contribution in [0.5, 0.6) is 0 Å². The van der Waals surface area contributed by atoms with Crippen molar-refractivity contribution in [2.75, 3.05) is 13.1 Å². The molecular formula is C25H36N4O3. The third-order valence-corrected chi connectivity index (χ3v) is 6.62. The van der Waals surface area contributed by atoms with Gasteiger partial charge < -0.3 is 10.0 Å². The fourth-order valence-corrected chi connectivity index (χ4v) is 5.12. The van der Waals surface area contributed by atoms with E-state index >= 15 is 0 Å². The molecule has 2 aromatic rings. The fourth-order valence-electron chi connectivity index (χ4n) is 5.12. The highest BCUT2D eigenvalue weighted by Gasteiger charge is 2.40. The summed E-state index contributed by atoms with van der Waals surface area (Å²) in [5.74, 6) is 0.814. The van der Waals surface area contributed by atoms with Crippen LogP contribution in [0.4, 0.5) is 0 Å². The molecule has 1 amide bonds. The van der Waals surface area contributed by atoms with E-state index in [1.54, 1.807) is 11.6 Å². The highest BCUT2D eigenvalue weighted by molar-refractivity contribution is 5.81. The minimum Gasteiger partial charge on any atom is -0.383 e. The maximum Gasteiger partial charge on any atom is 0.330 e. The second-order valence-corrected chi connectivity index (χ2v) is 11.2. The molecule has 32 heavy (non-hydrogen) atoms. The molecule has 1 fully saturated rings. The van der Waals surface area contributed by atoms with E-state index in [2.05, 4.69) is 26.8 Å². The van der Waals surface area contributed by atoms with Crippen molar-refractivity contribution in [3.8, 4) is 0 Å². The molecule has 0 saturated carbocycles. The monoisotopic (exact) mass is 440 g/mol. The molecule has 0 spiro atoms. The number of nitrogens with zero attached hydrogens (tertiary/aromatic N) is 4. The standard InChI is InChI=1S/C25H36N4O3/c1-15(2)9-21(30)23(31)28-12-17-10-16(11-18(17)13-28)19-7-8-20-22(26-19)27(6)24(32)29(20)14-25(3,4)5/h7-8,10,15,17-18,21,30H,9,11-14H2,1-6H3. The van der Waals surface area contributed by atoms with Crippen molar-refractivity contribution in [2.24, 2.45) is 30.2 Å². The number of hydrogen-bond donors (Lipinski definition) is 1. The van der Waals surface area contributed by atoms with Gasteiger partial charge in [-0.25, -0.2) is 9.78 Å². The average molecular weight is 441 g/mol. The van der Waals surface area contributed by atoms with Gasteiger partial charge >= 0.3 is 5.69 Å². The van der Waals surface area contributed by atoms with Gasteiger partial charge in [0.05, 0.1) is 11.2 Å². The van der Waals surface area contributed by atoms with Gasteiger partial charge in [0.2, 0.25) is 0 Å². The summed E-state index contributed by atoms with van der Waals surface area (Å²) in [6.45, 7) is 12.4. The lowest BCUT2D eigenvalue weighted by Gasteiger charge is -2.21. The lowest BCUT2D eigenvalue weighted by atomic mass is 9.97. The number of aliphatic hydroxyl groups excluding tert-OH is 1. The van der Waals surface area contributed by atoms with Gasteiger partial charge in [0.15, 0.2) is 5.65 Å². The molecule has 7 heteroatoms. The first kappa shape index (κ1) is 22.8. The molecule has 1 N–H and O–H groups in total. The molecule has 1 aliphatic heterocycles. The molecule has 4 rings (SSSR count). The Labute approximate surface area is 189 Å². The number of carbonyl (C=O) groups is 1. The van der Waals surface area contributed by atoms with Crippen LogP contribution in [0.2, 0.25) is 0 Å². The van der Waals surface area contributed by atoms with Crippen LogP contribution in [0.15, 0.2) is 23.0 Å². The Morgan fingerprint density at radius 3 is 2.59 bits per heavy atom. The van der Waals surface area contributed by atoms with Gasteiger partial charge in [-0.3, -0.25) is 13.9 Å². The first-order chi connectivity index (χ1) is 14.9. The molecule has 2 aliphatic rings. The molecule has 3 unspecified atom stereocenters. The summed E-state index contributed by atoms with van der Waals surface area (Å²) in [4.78, 5) is 32.1. The SMILES string of the molecule is CC(C)CC(O)C(=O)N1CC2C=C(c3ccc4c(n3)n(C)c(=O)n4CC(C)(C)C)CC2C1. The van der Waals surface area contributed by atoms with Crippen molar-refractivity contribution in [3.63, 3.8) is 0 Å². The minimum absolute atomic E-state index is 0.00569. The van der Waals surface area contributed by atoms with Crippen LogP contribution in [0.1, 0.15) is 53.2 Å². The molecule has 0 aromatic carbocycles. The smallest absolute Gasteiger partial charge is 0.330 e. The van der Waals surface area contributed by atoms with E-state index in [1.807, 2.05) is 35.4 Å². The topological polar surface area (TPSA) is 80.4 Å². The number of pyridine rings is 1. The summed E-state index contributed by atoms with van der Waals surface area (Å²) in [6, 6.07) is 4.03. The van der Waals surface area contributed by atoms with E-state index in [0.717, 1.165) is 17.6 Å². The highest BCUT2D eigenvalue weighted by atomic mass is 16.3. The Morgan fingerprint density at radius 2 is 1.97 bits per heavy atom. The van der Waals surface area contributed by atoms with Crippen molar-refractivity contribution < 1.29 is 9.90 Å². The molecule has 2 aromatic heterocycles. The van der Waals surface area contributed by atoms with E-state index in [1.165, 1.54) is 5.57 Å². The van der Waals surface area contributed by atoms with Gasteiger partial charge in [-0.2, -0.15) is 0 Å². The number of likely N-dealkylation sites (tertiary alicyclic amines) is 1. The van der Waals surface area contributed by atoms with E-state index in [0.29, 0.717) is 43.5 Å². The number of allylic oxidation sites excluding steroid dienone is 1. The average Bonchev–Trinajstić information content (AvgIpc) is 3.33. The number of aromatic nitrogens is 3. The van der Waals surface area contributed by atoms with E-state index < -0.39 is 6.10 Å². The molecule has 0 bridgehead atoms. The Morgan fingerprint density at radius 1 is 1.25 bits per heavy atom.